The Labute approximate surface area is 119 Å². The topological polar surface area (TPSA) is 53.0 Å². The maximum Gasteiger partial charge on any atom is 0.317 e. The number of carboxylic acid groups (broad SMARTS) is 1. The van der Waals surface area contributed by atoms with Crippen molar-refractivity contribution < 1.29 is 14.6 Å². The number of nitrogens with zero attached hydrogens (tertiary/aromatic N) is 2. The van der Waals surface area contributed by atoms with Gasteiger partial charge in [-0.15, -0.1) is 0 Å². The molecule has 0 amide bonds. The van der Waals surface area contributed by atoms with Crippen LogP contribution in [0, 0.1) is 6.92 Å². The minimum absolute atomic E-state index is 0.146. The van der Waals surface area contributed by atoms with Crippen LogP contribution in [-0.2, 0) is 4.79 Å². The molecule has 5 nitrogen and oxygen atoms in total. The fourth-order valence-corrected chi connectivity index (χ4v) is 2.37. The first kappa shape index (κ1) is 14.8. The Balaban J connectivity index is 1.66. The van der Waals surface area contributed by atoms with Crippen molar-refractivity contribution in [3.63, 3.8) is 0 Å². The van der Waals surface area contributed by atoms with Crippen LogP contribution in [0.1, 0.15) is 5.56 Å². The van der Waals surface area contributed by atoms with E-state index >= 15 is 0 Å². The molecule has 0 bridgehead atoms. The molecule has 20 heavy (non-hydrogen) atoms. The molecule has 2 rings (SSSR count). The van der Waals surface area contributed by atoms with E-state index < -0.39 is 5.97 Å². The number of para-hydroxylation sites is 1. The molecule has 1 N–H and O–H groups in total. The minimum atomic E-state index is -0.749. The molecule has 0 saturated carbocycles. The third-order valence-electron chi connectivity index (χ3n) is 3.58. The molecule has 1 aliphatic heterocycles. The zero-order valence-corrected chi connectivity index (χ0v) is 11.9. The Kier molecular flexibility index (Phi) is 5.38. The van der Waals surface area contributed by atoms with Gasteiger partial charge in [0, 0.05) is 32.7 Å². The largest absolute Gasteiger partial charge is 0.492 e. The summed E-state index contributed by atoms with van der Waals surface area (Å²) in [5, 5.41) is 8.75. The van der Waals surface area contributed by atoms with Gasteiger partial charge in [0.1, 0.15) is 12.4 Å². The quantitative estimate of drug-likeness (QED) is 0.844. The molecule has 0 radical (unpaired) electrons. The molecular formula is C15H22N2O3. The molecule has 5 heteroatoms. The average Bonchev–Trinajstić information content (AvgIpc) is 2.42. The van der Waals surface area contributed by atoms with Crippen molar-refractivity contribution in [2.45, 2.75) is 6.92 Å². The monoisotopic (exact) mass is 278 g/mol. The summed E-state index contributed by atoms with van der Waals surface area (Å²) in [6.45, 7) is 7.19. The van der Waals surface area contributed by atoms with Crippen LogP contribution in [0.25, 0.3) is 0 Å². The van der Waals surface area contributed by atoms with Crippen LogP contribution in [0.3, 0.4) is 0 Å². The van der Waals surface area contributed by atoms with Gasteiger partial charge >= 0.3 is 5.97 Å². The van der Waals surface area contributed by atoms with E-state index in [9.17, 15) is 4.79 Å². The molecule has 1 heterocycles. The third kappa shape index (κ3) is 4.51. The maximum atomic E-state index is 10.6. The predicted octanol–water partition coefficient (Wildman–Crippen LogP) is 1.08. The van der Waals surface area contributed by atoms with Crippen molar-refractivity contribution in [3.05, 3.63) is 29.8 Å². The van der Waals surface area contributed by atoms with Gasteiger partial charge < -0.3 is 9.84 Å². The second-order valence-electron chi connectivity index (χ2n) is 5.13. The van der Waals surface area contributed by atoms with Crippen molar-refractivity contribution in [2.24, 2.45) is 0 Å². The van der Waals surface area contributed by atoms with Crippen molar-refractivity contribution in [1.29, 1.82) is 0 Å². The molecule has 1 aromatic carbocycles. The lowest BCUT2D eigenvalue weighted by Gasteiger charge is -2.33. The van der Waals surface area contributed by atoms with Gasteiger partial charge in [0.2, 0.25) is 0 Å². The first-order valence-corrected chi connectivity index (χ1v) is 7.00. The molecule has 0 atom stereocenters. The molecular weight excluding hydrogens is 256 g/mol. The molecule has 1 aromatic rings. The highest BCUT2D eigenvalue weighted by Crippen LogP contribution is 2.16. The van der Waals surface area contributed by atoms with Crippen molar-refractivity contribution in [1.82, 2.24) is 9.80 Å². The first-order valence-electron chi connectivity index (χ1n) is 7.00. The summed E-state index contributed by atoms with van der Waals surface area (Å²) in [6, 6.07) is 8.01. The minimum Gasteiger partial charge on any atom is -0.492 e. The fraction of sp³-hybridized carbons (Fsp3) is 0.533. The molecule has 0 unspecified atom stereocenters. The van der Waals surface area contributed by atoms with Gasteiger partial charge in [-0.1, -0.05) is 18.2 Å². The van der Waals surface area contributed by atoms with Crippen LogP contribution in [-0.4, -0.2) is 66.8 Å². The number of piperazine rings is 1. The number of aliphatic carboxylic acids is 1. The first-order chi connectivity index (χ1) is 9.65. The van der Waals surface area contributed by atoms with Crippen molar-refractivity contribution in [2.75, 3.05) is 45.9 Å². The smallest absolute Gasteiger partial charge is 0.317 e. The van der Waals surface area contributed by atoms with Gasteiger partial charge in [-0.3, -0.25) is 14.6 Å². The average molecular weight is 278 g/mol. The number of hydrogen-bond donors (Lipinski definition) is 1. The molecule has 1 fully saturated rings. The van der Waals surface area contributed by atoms with Crippen LogP contribution in [0.15, 0.2) is 24.3 Å². The van der Waals surface area contributed by atoms with Crippen LogP contribution >= 0.6 is 0 Å². The normalized spacial score (nSPS) is 17.1. The van der Waals surface area contributed by atoms with Gasteiger partial charge in [0.15, 0.2) is 0 Å². The van der Waals surface area contributed by atoms with Crippen molar-refractivity contribution in [3.8, 4) is 5.75 Å². The van der Waals surface area contributed by atoms with E-state index in [1.54, 1.807) is 0 Å². The van der Waals surface area contributed by atoms with Crippen LogP contribution < -0.4 is 4.74 Å². The van der Waals surface area contributed by atoms with Gasteiger partial charge in [-0.2, -0.15) is 0 Å². The second-order valence-corrected chi connectivity index (χ2v) is 5.13. The number of carboxylic acids is 1. The number of rotatable bonds is 6. The Bertz CT molecular complexity index is 442. The number of aryl methyl sites for hydroxylation is 1. The molecule has 1 aliphatic rings. The van der Waals surface area contributed by atoms with Crippen LogP contribution in [0.2, 0.25) is 0 Å². The zero-order chi connectivity index (χ0) is 14.4. The van der Waals surface area contributed by atoms with Gasteiger partial charge in [-0.25, -0.2) is 0 Å². The standard InChI is InChI=1S/C15H22N2O3/c1-13-4-2-3-5-14(13)20-11-10-16-6-8-17(9-7-16)12-15(18)19/h2-5H,6-12H2,1H3,(H,18,19). The van der Waals surface area contributed by atoms with Crippen LogP contribution in [0.4, 0.5) is 0 Å². The summed E-state index contributed by atoms with van der Waals surface area (Å²) in [7, 11) is 0. The number of hydrogen-bond acceptors (Lipinski definition) is 4. The van der Waals surface area contributed by atoms with E-state index in [-0.39, 0.29) is 6.54 Å². The summed E-state index contributed by atoms with van der Waals surface area (Å²) in [4.78, 5) is 14.9. The Morgan fingerprint density at radius 3 is 2.50 bits per heavy atom. The van der Waals surface area contributed by atoms with Gasteiger partial charge in [0.05, 0.1) is 6.54 Å². The van der Waals surface area contributed by atoms with Crippen LogP contribution in [0.5, 0.6) is 5.75 Å². The summed E-state index contributed by atoms with van der Waals surface area (Å²) in [6.07, 6.45) is 0. The molecule has 0 aliphatic carbocycles. The second kappa shape index (κ2) is 7.26. The highest BCUT2D eigenvalue weighted by atomic mass is 16.5. The molecule has 0 aromatic heterocycles. The van der Waals surface area contributed by atoms with E-state index in [1.807, 2.05) is 36.1 Å². The maximum absolute atomic E-state index is 10.6. The Morgan fingerprint density at radius 1 is 1.20 bits per heavy atom. The lowest BCUT2D eigenvalue weighted by molar-refractivity contribution is -0.138. The lowest BCUT2D eigenvalue weighted by Crippen LogP contribution is -2.48. The molecule has 1 saturated heterocycles. The predicted molar refractivity (Wildman–Crippen MR) is 77.2 cm³/mol. The zero-order valence-electron chi connectivity index (χ0n) is 11.9. The molecule has 0 spiro atoms. The van der Waals surface area contributed by atoms with E-state index in [2.05, 4.69) is 4.90 Å². The highest BCUT2D eigenvalue weighted by Gasteiger charge is 2.18. The SMILES string of the molecule is Cc1ccccc1OCCN1CCN(CC(=O)O)CC1. The molecule has 110 valence electrons. The third-order valence-corrected chi connectivity index (χ3v) is 3.58. The summed E-state index contributed by atoms with van der Waals surface area (Å²) in [5.41, 5.74) is 1.15. The number of benzene rings is 1. The van der Waals surface area contributed by atoms with Gasteiger partial charge in [-0.05, 0) is 18.6 Å². The summed E-state index contributed by atoms with van der Waals surface area (Å²) in [5.74, 6) is 0.193. The number of ether oxygens (including phenoxy) is 1. The Morgan fingerprint density at radius 2 is 1.85 bits per heavy atom. The van der Waals surface area contributed by atoms with Gasteiger partial charge in [0.25, 0.3) is 0 Å². The van der Waals surface area contributed by atoms with E-state index in [1.165, 1.54) is 0 Å². The summed E-state index contributed by atoms with van der Waals surface area (Å²) >= 11 is 0. The van der Waals surface area contributed by atoms with E-state index in [0.717, 1.165) is 44.0 Å². The Hall–Kier alpha value is -1.59. The summed E-state index contributed by atoms with van der Waals surface area (Å²) < 4.78 is 5.78. The number of carbonyl (C=O) groups is 1. The van der Waals surface area contributed by atoms with E-state index in [4.69, 9.17) is 9.84 Å². The fourth-order valence-electron chi connectivity index (χ4n) is 2.37. The lowest BCUT2D eigenvalue weighted by atomic mass is 10.2. The van der Waals surface area contributed by atoms with E-state index in [0.29, 0.717) is 6.61 Å². The highest BCUT2D eigenvalue weighted by molar-refractivity contribution is 5.69. The van der Waals surface area contributed by atoms with Crippen molar-refractivity contribution >= 4 is 5.97 Å².